The minimum absolute atomic E-state index is 0. The van der Waals surface area contributed by atoms with Crippen LogP contribution in [0.2, 0.25) is 0 Å². The molecule has 0 bridgehead atoms. The van der Waals surface area contributed by atoms with E-state index in [0.29, 0.717) is 52.8 Å². The molecule has 1 atom stereocenters. The first-order valence-electron chi connectivity index (χ1n) is 23.8. The van der Waals surface area contributed by atoms with E-state index in [2.05, 4.69) is 19.2 Å². The fourth-order valence-electron chi connectivity index (χ4n) is 5.91. The first-order chi connectivity index (χ1) is 28.1. The Morgan fingerprint density at radius 2 is 1.02 bits per heavy atom. The number of nitrogens with one attached hydrogen (secondary N) is 2. The van der Waals surface area contributed by atoms with Crippen LogP contribution in [0.3, 0.4) is 0 Å². The maximum Gasteiger partial charge on any atom is 0.407 e. The van der Waals surface area contributed by atoms with E-state index in [4.69, 9.17) is 44.0 Å². The SMILES string of the molecule is CCCCCCCCCCCCCCOCC(COC(=O)NCCOCCOCC[NH-])OCCCCCCCCCCCCCC.COC(C)(C)COC(C)(C)CO.[Y]. The van der Waals surface area contributed by atoms with Crippen molar-refractivity contribution < 1.29 is 75.8 Å². The molecule has 3 N–H and O–H groups in total. The van der Waals surface area contributed by atoms with Crippen molar-refractivity contribution in [3.63, 3.8) is 0 Å². The first kappa shape index (κ1) is 63.3. The van der Waals surface area contributed by atoms with Crippen LogP contribution in [0.15, 0.2) is 0 Å². The molecule has 0 heterocycles. The fourth-order valence-corrected chi connectivity index (χ4v) is 5.91. The second-order valence-electron chi connectivity index (χ2n) is 17.0. The number of hydrogen-bond donors (Lipinski definition) is 2. The number of ether oxygens (including phenoxy) is 7. The number of aliphatic hydroxyl groups is 1. The molecule has 0 aliphatic rings. The monoisotopic (exact) mass is 923 g/mol. The van der Waals surface area contributed by atoms with Gasteiger partial charge in [-0.25, -0.2) is 4.79 Å². The van der Waals surface area contributed by atoms with Gasteiger partial charge in [0.2, 0.25) is 0 Å². The molecule has 0 aromatic carbocycles. The molecular weight excluding hydrogens is 825 g/mol. The number of hydrogen-bond acceptors (Lipinski definition) is 9. The zero-order valence-electron chi connectivity index (χ0n) is 39.8. The van der Waals surface area contributed by atoms with Gasteiger partial charge in [0.05, 0.1) is 50.8 Å². The summed E-state index contributed by atoms with van der Waals surface area (Å²) in [5, 5.41) is 11.6. The summed E-state index contributed by atoms with van der Waals surface area (Å²) in [7, 11) is 1.65. The molecule has 1 unspecified atom stereocenters. The molecule has 0 aliphatic carbocycles. The molecule has 0 aromatic heterocycles. The van der Waals surface area contributed by atoms with Crippen molar-refractivity contribution in [2.24, 2.45) is 0 Å². The average molecular weight is 923 g/mol. The quantitative estimate of drug-likeness (QED) is 0.0572. The Kier molecular flexibility index (Phi) is 52.7. The fraction of sp³-hybridized carbons (Fsp3) is 0.979. The molecule has 12 heteroatoms. The number of rotatable bonds is 44. The molecule has 0 saturated carbocycles. The van der Waals surface area contributed by atoms with Crippen molar-refractivity contribution in [2.75, 3.05) is 86.3 Å². The third-order valence-corrected chi connectivity index (χ3v) is 10.1. The van der Waals surface area contributed by atoms with Crippen LogP contribution in [0, 0.1) is 0 Å². The molecule has 0 saturated heterocycles. The number of alkyl carbamates (subject to hydrolysis) is 1. The van der Waals surface area contributed by atoms with Gasteiger partial charge in [-0.2, -0.15) is 0 Å². The van der Waals surface area contributed by atoms with E-state index in [0.717, 1.165) is 19.4 Å². The summed E-state index contributed by atoms with van der Waals surface area (Å²) >= 11 is 0. The maximum atomic E-state index is 12.2. The molecule has 0 aliphatic heterocycles. The van der Waals surface area contributed by atoms with E-state index < -0.39 is 11.7 Å². The number of carbonyl (C=O) groups is 1. The summed E-state index contributed by atoms with van der Waals surface area (Å²) in [5.74, 6) is 0. The zero-order chi connectivity index (χ0) is 43.3. The normalized spacial score (nSPS) is 12.2. The van der Waals surface area contributed by atoms with E-state index >= 15 is 0 Å². The molecule has 0 spiro atoms. The second-order valence-corrected chi connectivity index (χ2v) is 17.0. The van der Waals surface area contributed by atoms with Crippen LogP contribution < -0.4 is 5.32 Å². The van der Waals surface area contributed by atoms with E-state index in [1.54, 1.807) is 7.11 Å². The summed E-state index contributed by atoms with van der Waals surface area (Å²) in [6, 6.07) is 0. The van der Waals surface area contributed by atoms with Crippen LogP contribution in [0.4, 0.5) is 4.79 Å². The summed E-state index contributed by atoms with van der Waals surface area (Å²) in [6.45, 7) is 17.0. The largest absolute Gasteiger partial charge is 0.676 e. The molecule has 59 heavy (non-hydrogen) atoms. The number of unbranched alkanes of at least 4 members (excludes halogenated alkanes) is 22. The molecule has 353 valence electrons. The Hall–Kier alpha value is 0.0539. The zero-order valence-corrected chi connectivity index (χ0v) is 42.7. The minimum Gasteiger partial charge on any atom is -0.676 e. The Morgan fingerprint density at radius 1 is 0.576 bits per heavy atom. The Bertz CT molecular complexity index is 810. The van der Waals surface area contributed by atoms with Crippen LogP contribution in [-0.2, 0) is 65.9 Å². The van der Waals surface area contributed by atoms with Gasteiger partial charge in [-0.3, -0.25) is 0 Å². The third kappa shape index (κ3) is 52.3. The Labute approximate surface area is 390 Å². The van der Waals surface area contributed by atoms with Crippen molar-refractivity contribution in [1.29, 1.82) is 0 Å². The average Bonchev–Trinajstić information content (AvgIpc) is 3.22. The van der Waals surface area contributed by atoms with Gasteiger partial charge in [0.1, 0.15) is 12.7 Å². The minimum atomic E-state index is -0.476. The van der Waals surface area contributed by atoms with Gasteiger partial charge in [-0.1, -0.05) is 155 Å². The molecular formula is C47H97N2O9Y-. The van der Waals surface area contributed by atoms with Crippen LogP contribution in [0.25, 0.3) is 5.73 Å². The van der Waals surface area contributed by atoms with Gasteiger partial charge in [0, 0.05) is 66.2 Å². The van der Waals surface area contributed by atoms with Gasteiger partial charge in [-0.15, -0.1) is 6.54 Å². The van der Waals surface area contributed by atoms with Gasteiger partial charge >= 0.3 is 6.09 Å². The topological polar surface area (TPSA) is 138 Å². The molecule has 11 nitrogen and oxygen atoms in total. The van der Waals surface area contributed by atoms with E-state index in [1.807, 2.05) is 27.7 Å². The standard InChI is InChI=1S/C38H77N2O6.C9H20O3.Y/c1-3-5-7-9-11-13-15-17-19-21-23-25-29-44-35-37(36-46-38(41)40-28-32-43-34-33-42-31-27-39)45-30-26-24-22-20-18-16-14-12-10-8-6-4-2;1-8(2,6-10)12-7-9(3,4)11-5;/h37,39H,3-36H2,1-2H3,(H,40,41);10H,6-7H2,1-5H3;/q-1;;. The molecule has 0 rings (SSSR count). The predicted molar refractivity (Wildman–Crippen MR) is 241 cm³/mol. The predicted octanol–water partition coefficient (Wildman–Crippen LogP) is 11.8. The molecule has 0 fully saturated rings. The first-order valence-corrected chi connectivity index (χ1v) is 23.8. The van der Waals surface area contributed by atoms with E-state index in [-0.39, 0.29) is 64.2 Å². The van der Waals surface area contributed by atoms with Crippen LogP contribution in [0.5, 0.6) is 0 Å². The maximum absolute atomic E-state index is 12.2. The van der Waals surface area contributed by atoms with Crippen molar-refractivity contribution in [3.05, 3.63) is 5.73 Å². The van der Waals surface area contributed by atoms with Crippen LogP contribution in [0.1, 0.15) is 196 Å². The van der Waals surface area contributed by atoms with Crippen LogP contribution in [-0.4, -0.2) is 115 Å². The van der Waals surface area contributed by atoms with Crippen molar-refractivity contribution in [2.45, 2.75) is 213 Å². The van der Waals surface area contributed by atoms with E-state index in [1.165, 1.54) is 141 Å². The number of aliphatic hydroxyl groups excluding tert-OH is 1. The third-order valence-electron chi connectivity index (χ3n) is 10.1. The molecule has 1 amide bonds. The van der Waals surface area contributed by atoms with Gasteiger partial charge < -0.3 is 49.3 Å². The molecule has 1 radical (unpaired) electrons. The van der Waals surface area contributed by atoms with Gasteiger partial charge in [0.25, 0.3) is 0 Å². The summed E-state index contributed by atoms with van der Waals surface area (Å²) in [5.41, 5.74) is 6.28. The van der Waals surface area contributed by atoms with Crippen molar-refractivity contribution in [3.8, 4) is 0 Å². The van der Waals surface area contributed by atoms with E-state index in [9.17, 15) is 4.79 Å². The summed E-state index contributed by atoms with van der Waals surface area (Å²) in [4.78, 5) is 12.2. The van der Waals surface area contributed by atoms with Gasteiger partial charge in [0.15, 0.2) is 0 Å². The van der Waals surface area contributed by atoms with Crippen molar-refractivity contribution in [1.82, 2.24) is 5.32 Å². The Balaban J connectivity index is -0.00000207. The molecule has 0 aromatic rings. The summed E-state index contributed by atoms with van der Waals surface area (Å²) < 4.78 is 38.8. The number of carbonyl (C=O) groups excluding carboxylic acids is 1. The number of methoxy groups -OCH3 is 1. The van der Waals surface area contributed by atoms with Crippen molar-refractivity contribution >= 4 is 6.09 Å². The Morgan fingerprint density at radius 3 is 1.46 bits per heavy atom. The smallest absolute Gasteiger partial charge is 0.407 e. The van der Waals surface area contributed by atoms with Gasteiger partial charge in [-0.05, 0) is 40.5 Å². The van der Waals surface area contributed by atoms with Crippen LogP contribution >= 0.6 is 0 Å². The summed E-state index contributed by atoms with van der Waals surface area (Å²) in [6.07, 6.45) is 31.0. The second kappa shape index (κ2) is 49.1. The number of amides is 1.